The average molecular weight is 542 g/mol. The molecule has 4 heterocycles. The Labute approximate surface area is 239 Å². The van der Waals surface area contributed by atoms with Crippen LogP contribution < -0.4 is 5.32 Å². The van der Waals surface area contributed by atoms with Gasteiger partial charge in [0.15, 0.2) is 5.82 Å². The summed E-state index contributed by atoms with van der Waals surface area (Å²) in [5.74, 6) is 1.32. The third-order valence-electron chi connectivity index (χ3n) is 7.23. The second-order valence-corrected chi connectivity index (χ2v) is 10.2. The molecule has 0 radical (unpaired) electrons. The van der Waals surface area contributed by atoms with E-state index in [0.29, 0.717) is 29.4 Å². The second kappa shape index (κ2) is 12.1. The van der Waals surface area contributed by atoms with Crippen molar-refractivity contribution in [2.75, 3.05) is 38.5 Å². The van der Waals surface area contributed by atoms with Gasteiger partial charge in [0.05, 0.1) is 5.69 Å². The first-order valence-corrected chi connectivity index (χ1v) is 13.7. The van der Waals surface area contributed by atoms with Crippen LogP contribution in [0.25, 0.3) is 33.9 Å². The molecule has 1 fully saturated rings. The van der Waals surface area contributed by atoms with Crippen LogP contribution in [0.3, 0.4) is 0 Å². The monoisotopic (exact) mass is 541 g/mol. The first-order chi connectivity index (χ1) is 20.1. The molecule has 1 saturated heterocycles. The predicted octanol–water partition coefficient (Wildman–Crippen LogP) is 5.27. The van der Waals surface area contributed by atoms with Gasteiger partial charge >= 0.3 is 0 Å². The third-order valence-corrected chi connectivity index (χ3v) is 7.23. The number of amides is 1. The van der Waals surface area contributed by atoms with Gasteiger partial charge < -0.3 is 15.1 Å². The lowest BCUT2D eigenvalue weighted by molar-refractivity contribution is 0.0664. The highest BCUT2D eigenvalue weighted by atomic mass is 16.2. The number of hydrogen-bond donors (Lipinski definition) is 1. The molecular weight excluding hydrogens is 510 g/mol. The van der Waals surface area contributed by atoms with Gasteiger partial charge in [-0.25, -0.2) is 9.97 Å². The van der Waals surface area contributed by atoms with Gasteiger partial charge in [-0.2, -0.15) is 0 Å². The summed E-state index contributed by atoms with van der Waals surface area (Å²) < 4.78 is 0. The molecule has 1 amide bonds. The summed E-state index contributed by atoms with van der Waals surface area (Å²) in [4.78, 5) is 35.7. The number of benzene rings is 2. The van der Waals surface area contributed by atoms with Gasteiger partial charge in [0, 0.05) is 74.1 Å². The van der Waals surface area contributed by atoms with E-state index in [1.165, 1.54) is 0 Å². The van der Waals surface area contributed by atoms with Crippen molar-refractivity contribution in [1.82, 2.24) is 29.7 Å². The van der Waals surface area contributed by atoms with Crippen LogP contribution in [0.5, 0.6) is 0 Å². The minimum atomic E-state index is 0.0788. The molecule has 8 heteroatoms. The molecule has 41 heavy (non-hydrogen) atoms. The Kier molecular flexibility index (Phi) is 7.73. The minimum absolute atomic E-state index is 0.0788. The van der Waals surface area contributed by atoms with Crippen molar-refractivity contribution in [3.05, 3.63) is 115 Å². The van der Waals surface area contributed by atoms with Crippen LogP contribution in [0, 0.1) is 0 Å². The van der Waals surface area contributed by atoms with E-state index < -0.39 is 0 Å². The average Bonchev–Trinajstić information content (AvgIpc) is 3.05. The summed E-state index contributed by atoms with van der Waals surface area (Å²) >= 11 is 0. The standard InChI is InChI=1S/C33H31N7O/c1-39-15-17-40(18-16-39)33(41)26-12-10-25(11-13-26)27-19-28(23-34-22-27)30-20-31(36-21-24-7-3-2-4-8-24)38-32(37-30)29-9-5-6-14-35-29/h2-14,19-20,22-23H,15-18,21H2,1H3,(H,36,37,38). The Morgan fingerprint density at radius 1 is 0.780 bits per heavy atom. The SMILES string of the molecule is CN1CCN(C(=O)c2ccc(-c3cncc(-c4cc(NCc5ccccc5)nc(-c5ccccn5)n4)c3)cc2)CC1. The quantitative estimate of drug-likeness (QED) is 0.300. The van der Waals surface area contributed by atoms with Crippen LogP contribution >= 0.6 is 0 Å². The van der Waals surface area contributed by atoms with Crippen molar-refractivity contribution >= 4 is 11.7 Å². The first kappa shape index (κ1) is 26.3. The van der Waals surface area contributed by atoms with Gasteiger partial charge in [0.2, 0.25) is 0 Å². The van der Waals surface area contributed by atoms with Crippen LogP contribution in [-0.2, 0) is 6.54 Å². The summed E-state index contributed by atoms with van der Waals surface area (Å²) in [5, 5.41) is 3.44. The zero-order chi connectivity index (χ0) is 28.0. The number of anilines is 1. The van der Waals surface area contributed by atoms with Crippen molar-refractivity contribution in [1.29, 1.82) is 0 Å². The Bertz CT molecular complexity index is 1620. The Morgan fingerprint density at radius 3 is 2.29 bits per heavy atom. The number of nitrogens with zero attached hydrogens (tertiary/aromatic N) is 6. The number of nitrogens with one attached hydrogen (secondary N) is 1. The molecule has 0 bridgehead atoms. The number of piperazine rings is 1. The van der Waals surface area contributed by atoms with E-state index in [1.807, 2.05) is 77.8 Å². The summed E-state index contributed by atoms with van der Waals surface area (Å²) in [5.41, 5.74) is 6.09. The fourth-order valence-electron chi connectivity index (χ4n) is 4.82. The molecule has 8 nitrogen and oxygen atoms in total. The lowest BCUT2D eigenvalue weighted by Crippen LogP contribution is -2.47. The molecule has 0 saturated carbocycles. The molecular formula is C33H31N7O. The molecule has 2 aromatic carbocycles. The summed E-state index contributed by atoms with van der Waals surface area (Å²) in [6, 6.07) is 27.7. The van der Waals surface area contributed by atoms with Crippen LogP contribution in [0.4, 0.5) is 5.82 Å². The Hall–Kier alpha value is -4.95. The molecule has 0 atom stereocenters. The lowest BCUT2D eigenvalue weighted by atomic mass is 10.0. The van der Waals surface area contributed by atoms with Crippen molar-refractivity contribution in [2.45, 2.75) is 6.54 Å². The van der Waals surface area contributed by atoms with E-state index in [9.17, 15) is 4.79 Å². The van der Waals surface area contributed by atoms with Gasteiger partial charge in [0.25, 0.3) is 5.91 Å². The van der Waals surface area contributed by atoms with Crippen LogP contribution in [0.15, 0.2) is 104 Å². The maximum absolute atomic E-state index is 13.0. The molecule has 6 rings (SSSR count). The summed E-state index contributed by atoms with van der Waals surface area (Å²) in [7, 11) is 2.08. The fraction of sp³-hybridized carbons (Fsp3) is 0.182. The van der Waals surface area contributed by atoms with Crippen LogP contribution in [0.1, 0.15) is 15.9 Å². The molecule has 0 spiro atoms. The number of pyridine rings is 2. The van der Waals surface area contributed by atoms with Crippen LogP contribution in [-0.4, -0.2) is 68.9 Å². The van der Waals surface area contributed by atoms with E-state index in [4.69, 9.17) is 9.97 Å². The first-order valence-electron chi connectivity index (χ1n) is 13.7. The third kappa shape index (κ3) is 6.28. The van der Waals surface area contributed by atoms with E-state index >= 15 is 0 Å². The van der Waals surface area contributed by atoms with E-state index in [-0.39, 0.29) is 5.91 Å². The minimum Gasteiger partial charge on any atom is -0.366 e. The number of aromatic nitrogens is 4. The molecule has 5 aromatic rings. The Morgan fingerprint density at radius 2 is 1.54 bits per heavy atom. The van der Waals surface area contributed by atoms with Gasteiger partial charge in [-0.15, -0.1) is 0 Å². The highest BCUT2D eigenvalue weighted by Gasteiger charge is 2.20. The largest absolute Gasteiger partial charge is 0.366 e. The number of rotatable bonds is 7. The molecule has 3 aromatic heterocycles. The predicted molar refractivity (Wildman–Crippen MR) is 161 cm³/mol. The van der Waals surface area contributed by atoms with Crippen molar-refractivity contribution in [2.24, 2.45) is 0 Å². The van der Waals surface area contributed by atoms with Crippen LogP contribution in [0.2, 0.25) is 0 Å². The molecule has 204 valence electrons. The highest BCUT2D eigenvalue weighted by molar-refractivity contribution is 5.94. The molecule has 0 aliphatic carbocycles. The highest BCUT2D eigenvalue weighted by Crippen LogP contribution is 2.28. The van der Waals surface area contributed by atoms with Gasteiger partial charge in [-0.3, -0.25) is 14.8 Å². The lowest BCUT2D eigenvalue weighted by Gasteiger charge is -2.32. The van der Waals surface area contributed by atoms with Gasteiger partial charge in [-0.05, 0) is 48.5 Å². The zero-order valence-electron chi connectivity index (χ0n) is 22.9. The summed E-state index contributed by atoms with van der Waals surface area (Å²) in [6.07, 6.45) is 5.37. The van der Waals surface area contributed by atoms with Crippen molar-refractivity contribution in [3.8, 4) is 33.9 Å². The van der Waals surface area contributed by atoms with E-state index in [2.05, 4.69) is 45.4 Å². The normalized spacial score (nSPS) is 13.6. The number of hydrogen-bond acceptors (Lipinski definition) is 7. The molecule has 1 aliphatic rings. The number of carbonyl (C=O) groups excluding carboxylic acids is 1. The zero-order valence-corrected chi connectivity index (χ0v) is 22.9. The molecule has 0 unspecified atom stereocenters. The van der Waals surface area contributed by atoms with Crippen molar-refractivity contribution < 1.29 is 4.79 Å². The number of likely N-dealkylation sites (N-methyl/N-ethyl adjacent to an activating group) is 1. The number of carbonyl (C=O) groups is 1. The topological polar surface area (TPSA) is 87.1 Å². The van der Waals surface area contributed by atoms with Gasteiger partial charge in [-0.1, -0.05) is 48.5 Å². The van der Waals surface area contributed by atoms with E-state index in [0.717, 1.165) is 54.1 Å². The fourth-order valence-corrected chi connectivity index (χ4v) is 4.82. The van der Waals surface area contributed by atoms with E-state index in [1.54, 1.807) is 12.4 Å². The smallest absolute Gasteiger partial charge is 0.253 e. The maximum atomic E-state index is 13.0. The summed E-state index contributed by atoms with van der Waals surface area (Å²) in [6.45, 7) is 3.94. The Balaban J connectivity index is 1.27. The molecule has 1 aliphatic heterocycles. The second-order valence-electron chi connectivity index (χ2n) is 10.2. The molecule has 1 N–H and O–H groups in total. The van der Waals surface area contributed by atoms with Crippen molar-refractivity contribution in [3.63, 3.8) is 0 Å². The maximum Gasteiger partial charge on any atom is 0.253 e. The van der Waals surface area contributed by atoms with Gasteiger partial charge in [0.1, 0.15) is 11.5 Å².